The summed E-state index contributed by atoms with van der Waals surface area (Å²) in [5.74, 6) is 1.88. The average molecular weight is 502 g/mol. The molecule has 6 aliphatic heterocycles. The largest absolute Gasteiger partial charge is 0.492 e. The van der Waals surface area contributed by atoms with Gasteiger partial charge in [0.15, 0.2) is 0 Å². The molecule has 0 atom stereocenters. The van der Waals surface area contributed by atoms with Gasteiger partial charge in [-0.2, -0.15) is 0 Å². The number of aromatic nitrogens is 3. The number of piperidine rings is 2. The summed E-state index contributed by atoms with van der Waals surface area (Å²) in [6.07, 6.45) is 7.00. The molecule has 9 rings (SSSR count). The zero-order chi connectivity index (χ0) is 25.1. The van der Waals surface area contributed by atoms with E-state index in [1.165, 1.54) is 18.4 Å². The Labute approximate surface area is 218 Å². The first kappa shape index (κ1) is 24.0. The third-order valence-corrected chi connectivity index (χ3v) is 8.24. The molecule has 194 valence electrons. The van der Waals surface area contributed by atoms with Crippen molar-refractivity contribution in [2.45, 2.75) is 51.8 Å². The normalized spacial score (nSPS) is 24.7. The SMILES string of the molecule is O=C1Cc2ccc(cc2)OCCn2cc(nn2)COc2cccc(c2)CN2CCC3(CC2)CCN1CC3. The lowest BCUT2D eigenvalue weighted by Crippen LogP contribution is -2.48. The fourth-order valence-corrected chi connectivity index (χ4v) is 5.83. The third kappa shape index (κ3) is 5.80. The van der Waals surface area contributed by atoms with Gasteiger partial charge in [-0.1, -0.05) is 29.5 Å². The molecule has 6 aliphatic rings. The molecule has 8 nitrogen and oxygen atoms in total. The van der Waals surface area contributed by atoms with Gasteiger partial charge in [0.05, 0.1) is 19.2 Å². The summed E-state index contributed by atoms with van der Waals surface area (Å²) in [7, 11) is 0. The first-order valence-corrected chi connectivity index (χ1v) is 13.5. The minimum absolute atomic E-state index is 0.232. The molecular formula is C29H35N5O3. The molecule has 2 saturated heterocycles. The van der Waals surface area contributed by atoms with Gasteiger partial charge in [0.1, 0.15) is 30.4 Å². The van der Waals surface area contributed by atoms with Gasteiger partial charge < -0.3 is 14.4 Å². The average Bonchev–Trinajstić information content (AvgIpc) is 3.38. The second kappa shape index (κ2) is 10.5. The molecule has 8 heteroatoms. The lowest BCUT2D eigenvalue weighted by Gasteiger charge is -2.47. The van der Waals surface area contributed by atoms with Gasteiger partial charge in [0.2, 0.25) is 5.91 Å². The molecule has 0 aliphatic carbocycles. The van der Waals surface area contributed by atoms with Crippen LogP contribution in [0.1, 0.15) is 42.5 Å². The van der Waals surface area contributed by atoms with Crippen molar-refractivity contribution in [3.63, 3.8) is 0 Å². The first-order chi connectivity index (χ1) is 18.1. The molecule has 3 aromatic rings. The summed E-state index contributed by atoms with van der Waals surface area (Å²) < 4.78 is 13.7. The van der Waals surface area contributed by atoms with Crippen molar-refractivity contribution in [1.82, 2.24) is 24.8 Å². The van der Waals surface area contributed by atoms with Crippen molar-refractivity contribution in [2.24, 2.45) is 5.41 Å². The zero-order valence-electron chi connectivity index (χ0n) is 21.3. The van der Waals surface area contributed by atoms with E-state index in [9.17, 15) is 4.79 Å². The molecule has 1 spiro atoms. The van der Waals surface area contributed by atoms with E-state index in [1.54, 1.807) is 4.68 Å². The topological polar surface area (TPSA) is 72.7 Å². The smallest absolute Gasteiger partial charge is 0.226 e. The van der Waals surface area contributed by atoms with Gasteiger partial charge in [-0.15, -0.1) is 5.10 Å². The van der Waals surface area contributed by atoms with Crippen LogP contribution in [0.5, 0.6) is 11.5 Å². The van der Waals surface area contributed by atoms with Gasteiger partial charge in [-0.25, -0.2) is 4.68 Å². The van der Waals surface area contributed by atoms with Crippen molar-refractivity contribution >= 4 is 5.91 Å². The summed E-state index contributed by atoms with van der Waals surface area (Å²) >= 11 is 0. The molecule has 1 aromatic heterocycles. The molecular weight excluding hydrogens is 466 g/mol. The highest BCUT2D eigenvalue weighted by molar-refractivity contribution is 5.79. The van der Waals surface area contributed by atoms with E-state index in [4.69, 9.17) is 9.47 Å². The van der Waals surface area contributed by atoms with Crippen molar-refractivity contribution in [3.8, 4) is 11.5 Å². The van der Waals surface area contributed by atoms with Crippen molar-refractivity contribution in [3.05, 3.63) is 71.5 Å². The number of benzene rings is 2. The summed E-state index contributed by atoms with van der Waals surface area (Å²) in [5.41, 5.74) is 3.48. The molecule has 1 amide bonds. The van der Waals surface area contributed by atoms with Crippen LogP contribution >= 0.6 is 0 Å². The molecule has 2 fully saturated rings. The zero-order valence-corrected chi connectivity index (χ0v) is 21.3. The number of hydrogen-bond donors (Lipinski definition) is 0. The van der Waals surface area contributed by atoms with Crippen molar-refractivity contribution in [1.29, 1.82) is 0 Å². The minimum atomic E-state index is 0.232. The number of carbonyl (C=O) groups excluding carboxylic acids is 1. The van der Waals surface area contributed by atoms with Gasteiger partial charge in [-0.05, 0) is 79.6 Å². The van der Waals surface area contributed by atoms with Crippen LogP contribution in [0.3, 0.4) is 0 Å². The fourth-order valence-electron chi connectivity index (χ4n) is 5.83. The predicted molar refractivity (Wildman–Crippen MR) is 139 cm³/mol. The molecule has 2 aromatic carbocycles. The standard InChI is InChI=1S/C29H35N5O3/c35-28-19-23-4-6-26(7-5-23)36-17-16-34-21-25(30-31-34)22-37-27-3-1-2-24(18-27)20-32-12-8-29(9-13-32)10-14-33(28)15-11-29/h1-7,18,21H,8-17,19-20,22H2. The number of hydrogen-bond acceptors (Lipinski definition) is 6. The molecule has 0 unspecified atom stereocenters. The number of nitrogens with zero attached hydrogens (tertiary/aromatic N) is 5. The molecule has 0 saturated carbocycles. The van der Waals surface area contributed by atoms with E-state index in [-0.39, 0.29) is 5.91 Å². The van der Waals surface area contributed by atoms with Crippen LogP contribution < -0.4 is 9.47 Å². The maximum atomic E-state index is 13.0. The lowest BCUT2D eigenvalue weighted by atomic mass is 9.71. The van der Waals surface area contributed by atoms with Gasteiger partial charge in [0, 0.05) is 19.6 Å². The van der Waals surface area contributed by atoms with Crippen LogP contribution in [0.15, 0.2) is 54.7 Å². The van der Waals surface area contributed by atoms with Gasteiger partial charge >= 0.3 is 0 Å². The number of fused-ring (bicyclic) bond motifs is 3. The quantitative estimate of drug-likeness (QED) is 0.468. The highest BCUT2D eigenvalue weighted by Gasteiger charge is 2.38. The Morgan fingerprint density at radius 3 is 2.41 bits per heavy atom. The Morgan fingerprint density at radius 1 is 0.811 bits per heavy atom. The monoisotopic (exact) mass is 501 g/mol. The highest BCUT2D eigenvalue weighted by Crippen LogP contribution is 2.41. The first-order valence-electron chi connectivity index (χ1n) is 13.5. The van der Waals surface area contributed by atoms with E-state index >= 15 is 0 Å². The predicted octanol–water partition coefficient (Wildman–Crippen LogP) is 3.70. The van der Waals surface area contributed by atoms with Crippen LogP contribution in [-0.2, 0) is 30.9 Å². The Balaban J connectivity index is 1.17. The summed E-state index contributed by atoms with van der Waals surface area (Å²) in [5, 5.41) is 8.44. The second-order valence-corrected chi connectivity index (χ2v) is 10.7. The molecule has 0 radical (unpaired) electrons. The Hall–Kier alpha value is -3.39. The van der Waals surface area contributed by atoms with Crippen LogP contribution in [0.25, 0.3) is 0 Å². The van der Waals surface area contributed by atoms with E-state index in [0.717, 1.165) is 68.3 Å². The number of rotatable bonds is 0. The third-order valence-electron chi connectivity index (χ3n) is 8.24. The van der Waals surface area contributed by atoms with Crippen LogP contribution in [-0.4, -0.2) is 63.5 Å². The van der Waals surface area contributed by atoms with Gasteiger partial charge in [0.25, 0.3) is 0 Å². The number of amides is 1. The van der Waals surface area contributed by atoms with Crippen molar-refractivity contribution in [2.75, 3.05) is 32.8 Å². The Bertz CT molecular complexity index is 1210. The molecule has 9 bridgehead atoms. The summed E-state index contributed by atoms with van der Waals surface area (Å²) in [6, 6.07) is 16.3. The van der Waals surface area contributed by atoms with Crippen LogP contribution in [0, 0.1) is 5.41 Å². The maximum absolute atomic E-state index is 13.0. The van der Waals surface area contributed by atoms with E-state index in [1.807, 2.05) is 36.5 Å². The van der Waals surface area contributed by atoms with Crippen LogP contribution in [0.2, 0.25) is 0 Å². The number of carbonyl (C=O) groups is 1. The summed E-state index contributed by atoms with van der Waals surface area (Å²) in [6.45, 7) is 6.37. The van der Waals surface area contributed by atoms with Gasteiger partial charge in [-0.3, -0.25) is 9.69 Å². The molecule has 0 N–H and O–H groups in total. The lowest BCUT2D eigenvalue weighted by molar-refractivity contribution is -0.133. The minimum Gasteiger partial charge on any atom is -0.492 e. The van der Waals surface area contributed by atoms with Crippen LogP contribution in [0.4, 0.5) is 0 Å². The number of ether oxygens (including phenoxy) is 2. The van der Waals surface area contributed by atoms with E-state index in [2.05, 4.69) is 38.3 Å². The van der Waals surface area contributed by atoms with E-state index < -0.39 is 0 Å². The Morgan fingerprint density at radius 2 is 1.59 bits per heavy atom. The fraction of sp³-hybridized carbons (Fsp3) is 0.483. The highest BCUT2D eigenvalue weighted by atomic mass is 16.5. The Kier molecular flexibility index (Phi) is 6.83. The van der Waals surface area contributed by atoms with Crippen molar-refractivity contribution < 1.29 is 14.3 Å². The maximum Gasteiger partial charge on any atom is 0.226 e. The second-order valence-electron chi connectivity index (χ2n) is 10.7. The molecule has 37 heavy (non-hydrogen) atoms. The van der Waals surface area contributed by atoms with E-state index in [0.29, 0.717) is 31.6 Å². The molecule has 7 heterocycles. The summed E-state index contributed by atoms with van der Waals surface area (Å²) in [4.78, 5) is 17.6.